The maximum atomic E-state index is 5.30. The Kier molecular flexibility index (Phi) is 7.20. The van der Waals surface area contributed by atoms with Crippen LogP contribution in [0.25, 0.3) is 110 Å². The van der Waals surface area contributed by atoms with Gasteiger partial charge in [0.2, 0.25) is 5.95 Å². The van der Waals surface area contributed by atoms with Crippen LogP contribution >= 0.6 is 0 Å². The Morgan fingerprint density at radius 3 is 1.59 bits per heavy atom. The summed E-state index contributed by atoms with van der Waals surface area (Å²) in [5.41, 5.74) is 13.4. The van der Waals surface area contributed by atoms with E-state index in [1.807, 2.05) is 12.1 Å². The third-order valence-electron chi connectivity index (χ3n) is 11.7. The number of aromatic nitrogens is 4. The molecule has 270 valence electrons. The fourth-order valence-corrected chi connectivity index (χ4v) is 9.10. The largest absolute Gasteiger partial charge is 0.309 e. The van der Waals surface area contributed by atoms with Crippen molar-refractivity contribution in [3.8, 4) is 45.1 Å². The lowest BCUT2D eigenvalue weighted by Gasteiger charge is -2.14. The molecule has 4 heteroatoms. The zero-order valence-corrected chi connectivity index (χ0v) is 31.4. The summed E-state index contributed by atoms with van der Waals surface area (Å²) in [4.78, 5) is 10.5. The van der Waals surface area contributed by atoms with E-state index < -0.39 is 0 Å². The summed E-state index contributed by atoms with van der Waals surface area (Å²) in [6.45, 7) is 0. The van der Waals surface area contributed by atoms with Crippen LogP contribution in [0.2, 0.25) is 0 Å². The first kappa shape index (κ1) is 32.4. The van der Waals surface area contributed by atoms with E-state index in [4.69, 9.17) is 9.97 Å². The molecule has 0 radical (unpaired) electrons. The van der Waals surface area contributed by atoms with Gasteiger partial charge in [0, 0.05) is 43.6 Å². The molecule has 0 N–H and O–H groups in total. The molecule has 0 saturated carbocycles. The molecule has 0 fully saturated rings. The van der Waals surface area contributed by atoms with Crippen LogP contribution in [0, 0.1) is 0 Å². The molecule has 12 rings (SSSR count). The van der Waals surface area contributed by atoms with Crippen LogP contribution in [-0.2, 0) is 0 Å². The highest BCUT2D eigenvalue weighted by Crippen LogP contribution is 2.43. The van der Waals surface area contributed by atoms with Gasteiger partial charge in [0.15, 0.2) is 0 Å². The lowest BCUT2D eigenvalue weighted by Crippen LogP contribution is -2.03. The SMILES string of the molecule is c1ccc(-c2ccc(-n3c4ccccc4c4cc(-c5ccc6c(c5)c5ccccc5n6-c5nc(-c6ccccc6)c6ccccc6n5)c5ccccc5c43)cc2)cc1. The quantitative estimate of drug-likeness (QED) is 0.176. The second kappa shape index (κ2) is 12.9. The fraction of sp³-hybridized carbons (Fsp3) is 0. The van der Waals surface area contributed by atoms with Crippen LogP contribution in [0.3, 0.4) is 0 Å². The zero-order chi connectivity index (χ0) is 38.2. The molecule has 0 aliphatic heterocycles. The molecule has 0 atom stereocenters. The molecule has 0 amide bonds. The second-order valence-electron chi connectivity index (χ2n) is 15.0. The van der Waals surface area contributed by atoms with Gasteiger partial charge in [-0.3, -0.25) is 4.57 Å². The Labute approximate surface area is 334 Å². The van der Waals surface area contributed by atoms with Crippen molar-refractivity contribution < 1.29 is 0 Å². The van der Waals surface area contributed by atoms with E-state index in [0.717, 1.165) is 44.3 Å². The lowest BCUT2D eigenvalue weighted by molar-refractivity contribution is 1.01. The first-order valence-electron chi connectivity index (χ1n) is 19.8. The van der Waals surface area contributed by atoms with Gasteiger partial charge in [-0.2, -0.15) is 0 Å². The minimum atomic E-state index is 0.660. The molecule has 4 nitrogen and oxygen atoms in total. The van der Waals surface area contributed by atoms with Crippen LogP contribution in [0.1, 0.15) is 0 Å². The molecule has 0 unspecified atom stereocenters. The predicted octanol–water partition coefficient (Wildman–Crippen LogP) is 14.0. The first-order valence-corrected chi connectivity index (χ1v) is 19.8. The van der Waals surface area contributed by atoms with E-state index in [1.165, 1.54) is 60.2 Å². The van der Waals surface area contributed by atoms with Crippen molar-refractivity contribution in [3.05, 3.63) is 206 Å². The van der Waals surface area contributed by atoms with Crippen molar-refractivity contribution >= 4 is 65.3 Å². The molecule has 0 aliphatic rings. The minimum Gasteiger partial charge on any atom is -0.309 e. The van der Waals surface area contributed by atoms with Crippen LogP contribution in [0.15, 0.2) is 206 Å². The molecule has 0 aliphatic carbocycles. The van der Waals surface area contributed by atoms with E-state index in [0.29, 0.717) is 5.95 Å². The summed E-state index contributed by atoms with van der Waals surface area (Å²) in [6, 6.07) is 73.9. The van der Waals surface area contributed by atoms with Crippen molar-refractivity contribution in [3.63, 3.8) is 0 Å². The van der Waals surface area contributed by atoms with Crippen LogP contribution < -0.4 is 0 Å². The van der Waals surface area contributed by atoms with Crippen molar-refractivity contribution in [2.45, 2.75) is 0 Å². The summed E-state index contributed by atoms with van der Waals surface area (Å²) in [6.07, 6.45) is 0. The summed E-state index contributed by atoms with van der Waals surface area (Å²) >= 11 is 0. The Balaban J connectivity index is 1.08. The molecular formula is C54H34N4. The third kappa shape index (κ3) is 4.95. The van der Waals surface area contributed by atoms with Crippen molar-refractivity contribution in [1.29, 1.82) is 0 Å². The smallest absolute Gasteiger partial charge is 0.235 e. The van der Waals surface area contributed by atoms with Gasteiger partial charge in [0.05, 0.1) is 33.3 Å². The monoisotopic (exact) mass is 738 g/mol. The van der Waals surface area contributed by atoms with Crippen molar-refractivity contribution in [1.82, 2.24) is 19.1 Å². The Hall–Kier alpha value is -7.82. The topological polar surface area (TPSA) is 35.6 Å². The van der Waals surface area contributed by atoms with E-state index >= 15 is 0 Å². The van der Waals surface area contributed by atoms with E-state index in [-0.39, 0.29) is 0 Å². The molecule has 3 heterocycles. The molecule has 3 aromatic heterocycles. The highest BCUT2D eigenvalue weighted by Gasteiger charge is 2.21. The summed E-state index contributed by atoms with van der Waals surface area (Å²) in [5, 5.41) is 8.27. The van der Waals surface area contributed by atoms with Gasteiger partial charge in [-0.05, 0) is 76.2 Å². The first-order chi connectivity index (χ1) is 28.8. The van der Waals surface area contributed by atoms with Crippen molar-refractivity contribution in [2.75, 3.05) is 0 Å². The number of nitrogens with zero attached hydrogens (tertiary/aromatic N) is 4. The highest BCUT2D eigenvalue weighted by molar-refractivity contribution is 6.22. The van der Waals surface area contributed by atoms with Crippen LogP contribution in [0.5, 0.6) is 0 Å². The molecule has 9 aromatic carbocycles. The zero-order valence-electron chi connectivity index (χ0n) is 31.4. The maximum Gasteiger partial charge on any atom is 0.235 e. The predicted molar refractivity (Wildman–Crippen MR) is 242 cm³/mol. The van der Waals surface area contributed by atoms with Crippen LogP contribution in [0.4, 0.5) is 0 Å². The number of hydrogen-bond acceptors (Lipinski definition) is 2. The van der Waals surface area contributed by atoms with Gasteiger partial charge in [0.25, 0.3) is 0 Å². The molecular weight excluding hydrogens is 705 g/mol. The lowest BCUT2D eigenvalue weighted by atomic mass is 9.94. The van der Waals surface area contributed by atoms with Gasteiger partial charge < -0.3 is 4.57 Å². The molecule has 0 saturated heterocycles. The Bertz CT molecular complexity index is 3540. The average molecular weight is 739 g/mol. The molecule has 58 heavy (non-hydrogen) atoms. The minimum absolute atomic E-state index is 0.660. The number of hydrogen-bond donors (Lipinski definition) is 0. The Morgan fingerprint density at radius 1 is 0.310 bits per heavy atom. The molecule has 12 aromatic rings. The molecule has 0 spiro atoms. The third-order valence-corrected chi connectivity index (χ3v) is 11.7. The summed E-state index contributed by atoms with van der Waals surface area (Å²) < 4.78 is 4.67. The Morgan fingerprint density at radius 2 is 0.845 bits per heavy atom. The van der Waals surface area contributed by atoms with E-state index in [1.54, 1.807) is 0 Å². The second-order valence-corrected chi connectivity index (χ2v) is 15.0. The fourth-order valence-electron chi connectivity index (χ4n) is 9.10. The van der Waals surface area contributed by atoms with Gasteiger partial charge in [-0.25, -0.2) is 9.97 Å². The van der Waals surface area contributed by atoms with Crippen molar-refractivity contribution in [2.24, 2.45) is 0 Å². The number of fused-ring (bicyclic) bond motifs is 9. The maximum absolute atomic E-state index is 5.30. The van der Waals surface area contributed by atoms with E-state index in [9.17, 15) is 0 Å². The van der Waals surface area contributed by atoms with Gasteiger partial charge in [-0.1, -0.05) is 158 Å². The number of para-hydroxylation sites is 3. The summed E-state index contributed by atoms with van der Waals surface area (Å²) in [7, 11) is 0. The van der Waals surface area contributed by atoms with E-state index in [2.05, 4.69) is 203 Å². The summed E-state index contributed by atoms with van der Waals surface area (Å²) in [5.74, 6) is 0.660. The molecule has 0 bridgehead atoms. The average Bonchev–Trinajstić information content (AvgIpc) is 3.82. The highest BCUT2D eigenvalue weighted by atomic mass is 15.2. The number of rotatable bonds is 5. The van der Waals surface area contributed by atoms with Crippen LogP contribution in [-0.4, -0.2) is 19.1 Å². The number of benzene rings is 9. The van der Waals surface area contributed by atoms with Gasteiger partial charge in [-0.15, -0.1) is 0 Å². The standard InChI is InChI=1S/C54H34N4/c1-3-15-35(16-4-1)36-27-30-39(31-28-36)57-49-25-13-11-21-42(49)47-34-45(40-19-7-8-22-43(40)53(47)57)38-29-32-51-46(33-38)41-20-10-14-26-50(41)58(51)54-55-48-24-12-9-23-44(48)52(56-54)37-17-5-2-6-18-37/h1-34H. The van der Waals surface area contributed by atoms with Gasteiger partial charge in [0.1, 0.15) is 0 Å². The van der Waals surface area contributed by atoms with Gasteiger partial charge >= 0.3 is 0 Å². The normalized spacial score (nSPS) is 11.8.